The second kappa shape index (κ2) is 11.4. The largest absolute Gasteiger partial charge is 0.393 e. The van der Waals surface area contributed by atoms with Gasteiger partial charge in [-0.2, -0.15) is 0 Å². The van der Waals surface area contributed by atoms with Gasteiger partial charge in [0.2, 0.25) is 0 Å². The lowest BCUT2D eigenvalue weighted by molar-refractivity contribution is -0.175. The minimum absolute atomic E-state index is 0.0434. The van der Waals surface area contributed by atoms with E-state index in [9.17, 15) is 10.2 Å². The van der Waals surface area contributed by atoms with E-state index in [1.807, 2.05) is 36.4 Å². The molecule has 4 nitrogen and oxygen atoms in total. The molecule has 3 aromatic rings. The number of carbonyl (C=O) groups excluding carboxylic acids is 1. The SMILES string of the molecule is CN(CCc1ccccc1)C[C@]1(O)CC[C@H]2[C@]34C=C[C@@]5(C=C3C(=O)c3ccccc3-c3ccccc3)CC(O)CC[C@]5(C)[C@H]4CC[C@@]21C. The molecule has 4 heteroatoms. The van der Waals surface area contributed by atoms with Crippen molar-refractivity contribution < 1.29 is 15.0 Å². The summed E-state index contributed by atoms with van der Waals surface area (Å²) in [5.74, 6) is 0.546. The first-order valence-corrected chi connectivity index (χ1v) is 18.3. The van der Waals surface area contributed by atoms with Gasteiger partial charge in [0, 0.05) is 40.5 Å². The van der Waals surface area contributed by atoms with Gasteiger partial charge < -0.3 is 15.1 Å². The summed E-state index contributed by atoms with van der Waals surface area (Å²) >= 11 is 0. The van der Waals surface area contributed by atoms with Gasteiger partial charge in [0.1, 0.15) is 0 Å². The minimum Gasteiger partial charge on any atom is -0.393 e. The third-order valence-corrected chi connectivity index (χ3v) is 14.4. The van der Waals surface area contributed by atoms with Crippen LogP contribution in [0.15, 0.2) is 109 Å². The van der Waals surface area contributed by atoms with Crippen molar-refractivity contribution in [2.24, 2.45) is 33.5 Å². The Morgan fingerprint density at radius 2 is 1.46 bits per heavy atom. The second-order valence-electron chi connectivity index (χ2n) is 16.5. The minimum atomic E-state index is -0.845. The molecule has 8 atom stereocenters. The summed E-state index contributed by atoms with van der Waals surface area (Å²) in [6.45, 7) is 6.33. The molecule has 6 aliphatic carbocycles. The molecule has 0 aliphatic heterocycles. The van der Waals surface area contributed by atoms with Crippen LogP contribution >= 0.6 is 0 Å². The molecule has 1 unspecified atom stereocenters. The lowest BCUT2D eigenvalue weighted by Crippen LogP contribution is -2.67. The normalized spacial score (nSPS) is 37.9. The van der Waals surface area contributed by atoms with Crippen LogP contribution in [0.3, 0.4) is 0 Å². The Bertz CT molecular complexity index is 1770. The molecule has 0 radical (unpaired) electrons. The number of fused-ring (bicyclic) bond motifs is 1. The third-order valence-electron chi connectivity index (χ3n) is 14.4. The van der Waals surface area contributed by atoms with E-state index < -0.39 is 11.0 Å². The van der Waals surface area contributed by atoms with Crippen LogP contribution in [0.2, 0.25) is 0 Å². The number of carbonyl (C=O) groups is 1. The van der Waals surface area contributed by atoms with E-state index in [1.165, 1.54) is 5.56 Å². The average Bonchev–Trinajstić information content (AvgIpc) is 3.37. The summed E-state index contributed by atoms with van der Waals surface area (Å²) in [6, 6.07) is 29.0. The molecule has 2 bridgehead atoms. The van der Waals surface area contributed by atoms with Crippen molar-refractivity contribution in [3.05, 3.63) is 120 Å². The standard InChI is InChI=1S/C44H51NO3/c1-40-22-18-33(46)28-42(40)25-26-44(36(29-42)39(47)35-17-11-10-16-34(35)32-14-8-5-9-15-32)37(40)19-23-41(2)38(44)20-24-43(41,48)30-45(3)27-21-31-12-6-4-7-13-31/h4-17,25-26,29,33,37-38,46,48H,18-24,27-28,30H2,1-3H3/t33?,37-,38-,40-,41+,42+,43-,44-/m1/s1. The zero-order valence-electron chi connectivity index (χ0n) is 28.9. The van der Waals surface area contributed by atoms with Crippen molar-refractivity contribution in [3.63, 3.8) is 0 Å². The van der Waals surface area contributed by atoms with Gasteiger partial charge in [-0.15, -0.1) is 0 Å². The number of hydrogen-bond donors (Lipinski definition) is 2. The second-order valence-corrected chi connectivity index (χ2v) is 16.5. The van der Waals surface area contributed by atoms with E-state index in [0.717, 1.165) is 73.8 Å². The van der Waals surface area contributed by atoms with E-state index in [1.54, 1.807) is 0 Å². The van der Waals surface area contributed by atoms with Crippen LogP contribution in [0, 0.1) is 33.5 Å². The van der Waals surface area contributed by atoms with Gasteiger partial charge in [-0.3, -0.25) is 4.79 Å². The fourth-order valence-corrected chi connectivity index (χ4v) is 11.8. The zero-order valence-corrected chi connectivity index (χ0v) is 28.9. The molecule has 250 valence electrons. The van der Waals surface area contributed by atoms with Crippen LogP contribution in [-0.4, -0.2) is 52.7 Å². The highest BCUT2D eigenvalue weighted by molar-refractivity contribution is 6.14. The Balaban J connectivity index is 1.20. The Labute approximate surface area is 286 Å². The van der Waals surface area contributed by atoms with E-state index >= 15 is 4.79 Å². The van der Waals surface area contributed by atoms with Gasteiger partial charge in [0.25, 0.3) is 0 Å². The van der Waals surface area contributed by atoms with Gasteiger partial charge in [0.15, 0.2) is 5.78 Å². The van der Waals surface area contributed by atoms with Crippen LogP contribution in [0.5, 0.6) is 0 Å². The Morgan fingerprint density at radius 1 is 0.812 bits per heavy atom. The molecule has 0 saturated heterocycles. The maximum atomic E-state index is 15.3. The van der Waals surface area contributed by atoms with Gasteiger partial charge >= 0.3 is 0 Å². The first-order valence-electron chi connectivity index (χ1n) is 18.3. The smallest absolute Gasteiger partial charge is 0.190 e. The first kappa shape index (κ1) is 31.9. The molecular formula is C44H51NO3. The number of aliphatic hydroxyl groups excluding tert-OH is 1. The maximum absolute atomic E-state index is 15.3. The lowest BCUT2D eigenvalue weighted by atomic mass is 9.32. The first-order chi connectivity index (χ1) is 23.1. The molecule has 2 spiro atoms. The predicted molar refractivity (Wildman–Crippen MR) is 192 cm³/mol. The van der Waals surface area contributed by atoms with E-state index in [2.05, 4.69) is 92.6 Å². The van der Waals surface area contributed by atoms with Gasteiger partial charge in [-0.05, 0) is 92.4 Å². The van der Waals surface area contributed by atoms with E-state index in [4.69, 9.17) is 0 Å². The van der Waals surface area contributed by atoms with Crippen molar-refractivity contribution in [1.82, 2.24) is 4.90 Å². The Hall–Kier alpha value is -3.31. The number of likely N-dealkylation sites (N-methyl/N-ethyl adjacent to an activating group) is 1. The van der Waals surface area contributed by atoms with Gasteiger partial charge in [0.05, 0.1) is 11.7 Å². The number of rotatable bonds is 8. The van der Waals surface area contributed by atoms with Crippen LogP contribution in [0.4, 0.5) is 0 Å². The van der Waals surface area contributed by atoms with Crippen LogP contribution in [-0.2, 0) is 6.42 Å². The number of Topliss-reactive ketones (excluding diaryl/α,β-unsaturated/α-hetero) is 1. The molecule has 0 amide bonds. The highest BCUT2D eigenvalue weighted by Crippen LogP contribution is 2.78. The molecular weight excluding hydrogens is 590 g/mol. The average molecular weight is 642 g/mol. The summed E-state index contributed by atoms with van der Waals surface area (Å²) in [5, 5.41) is 23.9. The molecule has 0 heterocycles. The van der Waals surface area contributed by atoms with E-state index in [0.29, 0.717) is 13.0 Å². The summed E-state index contributed by atoms with van der Waals surface area (Å²) < 4.78 is 0. The quantitative estimate of drug-likeness (QED) is 0.192. The molecule has 2 N–H and O–H groups in total. The zero-order chi connectivity index (χ0) is 33.4. The molecule has 3 saturated carbocycles. The van der Waals surface area contributed by atoms with E-state index in [-0.39, 0.29) is 40.0 Å². The summed E-state index contributed by atoms with van der Waals surface area (Å²) in [6.07, 6.45) is 13.8. The van der Waals surface area contributed by atoms with Crippen molar-refractivity contribution in [2.75, 3.05) is 20.1 Å². The van der Waals surface area contributed by atoms with Gasteiger partial charge in [-0.25, -0.2) is 0 Å². The molecule has 6 aliphatic rings. The Morgan fingerprint density at radius 3 is 2.23 bits per heavy atom. The molecule has 0 aromatic heterocycles. The maximum Gasteiger partial charge on any atom is 0.190 e. The summed E-state index contributed by atoms with van der Waals surface area (Å²) in [5.41, 5.74) is 2.97. The van der Waals surface area contributed by atoms with Crippen molar-refractivity contribution in [1.29, 1.82) is 0 Å². The monoisotopic (exact) mass is 641 g/mol. The Kier molecular flexibility index (Phi) is 7.56. The fraction of sp³-hybridized carbons (Fsp3) is 0.477. The van der Waals surface area contributed by atoms with Crippen molar-refractivity contribution in [2.45, 2.75) is 76.9 Å². The molecule has 9 rings (SSSR count). The van der Waals surface area contributed by atoms with Crippen molar-refractivity contribution in [3.8, 4) is 11.1 Å². The number of nitrogens with zero attached hydrogens (tertiary/aromatic N) is 1. The third kappa shape index (κ3) is 4.48. The van der Waals surface area contributed by atoms with Crippen LogP contribution in [0.25, 0.3) is 11.1 Å². The van der Waals surface area contributed by atoms with Crippen molar-refractivity contribution >= 4 is 5.78 Å². The highest BCUT2D eigenvalue weighted by atomic mass is 16.3. The fourth-order valence-electron chi connectivity index (χ4n) is 11.8. The predicted octanol–water partition coefficient (Wildman–Crippen LogP) is 8.30. The highest BCUT2D eigenvalue weighted by Gasteiger charge is 2.74. The number of allylic oxidation sites excluding steroid dienone is 4. The molecule has 3 aromatic carbocycles. The van der Waals surface area contributed by atoms with Gasteiger partial charge in [-0.1, -0.05) is 117 Å². The van der Waals surface area contributed by atoms with Crippen LogP contribution in [0.1, 0.15) is 74.7 Å². The number of hydrogen-bond acceptors (Lipinski definition) is 4. The lowest BCUT2D eigenvalue weighted by Gasteiger charge is -2.71. The number of aliphatic hydroxyl groups is 2. The molecule has 48 heavy (non-hydrogen) atoms. The summed E-state index contributed by atoms with van der Waals surface area (Å²) in [7, 11) is 2.15. The topological polar surface area (TPSA) is 60.8 Å². The molecule has 3 fully saturated rings. The number of ketones is 1. The summed E-state index contributed by atoms with van der Waals surface area (Å²) in [4.78, 5) is 17.6. The van der Waals surface area contributed by atoms with Crippen LogP contribution < -0.4 is 0 Å². The number of benzene rings is 3.